The quantitative estimate of drug-likeness (QED) is 0.629. The molecule has 0 spiro atoms. The second kappa shape index (κ2) is 6.00. The van der Waals surface area contributed by atoms with Crippen LogP contribution >= 0.6 is 0 Å². The second-order valence-corrected chi connectivity index (χ2v) is 8.59. The molecule has 7 atom stereocenters. The fraction of sp³-hybridized carbons (Fsp3) is 0.850. The topological polar surface area (TPSA) is 46.5 Å². The number of carbonyl (C=O) groups is 1. The SMILES string of the molecule is C=C1CC[C@H]2[C@H](C=O)[C@@H]([C@@]3(C)CC[C@@H](CC)OC3O)CC[C@]12C. The van der Waals surface area contributed by atoms with Crippen LogP contribution in [0.3, 0.4) is 0 Å². The first-order valence-electron chi connectivity index (χ1n) is 9.34. The van der Waals surface area contributed by atoms with Crippen LogP contribution in [0, 0.1) is 28.6 Å². The van der Waals surface area contributed by atoms with Gasteiger partial charge in [0.15, 0.2) is 6.29 Å². The molecule has 0 aromatic rings. The van der Waals surface area contributed by atoms with E-state index in [0.29, 0.717) is 5.92 Å². The minimum Gasteiger partial charge on any atom is -0.367 e. The first-order valence-corrected chi connectivity index (χ1v) is 9.34. The van der Waals surface area contributed by atoms with Crippen molar-refractivity contribution in [3.05, 3.63) is 12.2 Å². The van der Waals surface area contributed by atoms with Gasteiger partial charge in [-0.2, -0.15) is 0 Å². The standard InChI is InChI=1S/C20H32O3/c1-5-14-8-10-20(4,18(22)23-14)17-9-11-19(3)13(2)6-7-16(19)15(17)12-21/h12,14-18,22H,2,5-11H2,1,3-4H3/t14-,15+,16+,17+,18?,19-,20-/m1/s1. The van der Waals surface area contributed by atoms with Gasteiger partial charge in [0.05, 0.1) is 6.10 Å². The number of carbonyl (C=O) groups excluding carboxylic acids is 1. The highest BCUT2D eigenvalue weighted by Gasteiger charge is 2.57. The first kappa shape index (κ1) is 17.2. The molecule has 1 heterocycles. The van der Waals surface area contributed by atoms with Gasteiger partial charge in [-0.15, -0.1) is 0 Å². The van der Waals surface area contributed by atoms with Crippen LogP contribution in [0.5, 0.6) is 0 Å². The van der Waals surface area contributed by atoms with Gasteiger partial charge in [-0.25, -0.2) is 0 Å². The van der Waals surface area contributed by atoms with Gasteiger partial charge in [0, 0.05) is 11.3 Å². The summed E-state index contributed by atoms with van der Waals surface area (Å²) >= 11 is 0. The van der Waals surface area contributed by atoms with E-state index in [2.05, 4.69) is 27.4 Å². The van der Waals surface area contributed by atoms with E-state index in [-0.39, 0.29) is 28.8 Å². The molecule has 3 rings (SSSR count). The Kier molecular flexibility index (Phi) is 4.48. The van der Waals surface area contributed by atoms with Crippen molar-refractivity contribution in [3.63, 3.8) is 0 Å². The minimum absolute atomic E-state index is 0.0226. The Balaban J connectivity index is 1.85. The lowest BCUT2D eigenvalue weighted by molar-refractivity contribution is -0.253. The molecule has 0 aromatic carbocycles. The van der Waals surface area contributed by atoms with Crippen molar-refractivity contribution in [2.75, 3.05) is 0 Å². The predicted molar refractivity (Wildman–Crippen MR) is 90.8 cm³/mol. The van der Waals surface area contributed by atoms with Crippen LogP contribution in [0.2, 0.25) is 0 Å². The third-order valence-corrected chi connectivity index (χ3v) is 7.64. The summed E-state index contributed by atoms with van der Waals surface area (Å²) in [4.78, 5) is 12.0. The molecule has 1 unspecified atom stereocenters. The van der Waals surface area contributed by atoms with Crippen molar-refractivity contribution in [3.8, 4) is 0 Å². The molecule has 0 amide bonds. The van der Waals surface area contributed by atoms with Crippen LogP contribution in [-0.2, 0) is 9.53 Å². The zero-order chi connectivity index (χ0) is 16.8. The number of hydrogen-bond acceptors (Lipinski definition) is 3. The van der Waals surface area contributed by atoms with E-state index < -0.39 is 6.29 Å². The summed E-state index contributed by atoms with van der Waals surface area (Å²) in [5, 5.41) is 10.7. The molecule has 1 aliphatic heterocycles. The maximum atomic E-state index is 12.0. The van der Waals surface area contributed by atoms with Crippen LogP contribution in [0.4, 0.5) is 0 Å². The van der Waals surface area contributed by atoms with Crippen molar-refractivity contribution >= 4 is 6.29 Å². The molecular formula is C20H32O3. The summed E-state index contributed by atoms with van der Waals surface area (Å²) in [5.41, 5.74) is 1.14. The number of aliphatic hydroxyl groups excluding tert-OH is 1. The minimum atomic E-state index is -0.748. The highest BCUT2D eigenvalue weighted by Crippen LogP contribution is 2.61. The van der Waals surface area contributed by atoms with Crippen LogP contribution in [0.25, 0.3) is 0 Å². The Morgan fingerprint density at radius 3 is 2.61 bits per heavy atom. The van der Waals surface area contributed by atoms with Crippen molar-refractivity contribution in [2.24, 2.45) is 28.6 Å². The molecule has 130 valence electrons. The van der Waals surface area contributed by atoms with Crippen molar-refractivity contribution in [1.29, 1.82) is 0 Å². The Bertz CT molecular complexity index is 487. The van der Waals surface area contributed by atoms with E-state index in [0.717, 1.165) is 44.9 Å². The van der Waals surface area contributed by atoms with Gasteiger partial charge in [-0.05, 0) is 62.2 Å². The molecule has 3 aliphatic rings. The third-order valence-electron chi connectivity index (χ3n) is 7.64. The monoisotopic (exact) mass is 320 g/mol. The molecule has 1 saturated heterocycles. The molecule has 0 aromatic heterocycles. The average Bonchev–Trinajstić information content (AvgIpc) is 2.84. The summed E-state index contributed by atoms with van der Waals surface area (Å²) in [7, 11) is 0. The van der Waals surface area contributed by atoms with Gasteiger partial charge in [-0.1, -0.05) is 32.9 Å². The third kappa shape index (κ3) is 2.51. The number of rotatable bonds is 3. The van der Waals surface area contributed by atoms with Crippen LogP contribution in [-0.4, -0.2) is 23.8 Å². The van der Waals surface area contributed by atoms with Gasteiger partial charge in [0.25, 0.3) is 0 Å². The lowest BCUT2D eigenvalue weighted by Crippen LogP contribution is -2.53. The number of ether oxygens (including phenoxy) is 1. The maximum Gasteiger partial charge on any atom is 0.160 e. The largest absolute Gasteiger partial charge is 0.367 e. The molecule has 3 heteroatoms. The number of hydrogen-bond donors (Lipinski definition) is 1. The summed E-state index contributed by atoms with van der Waals surface area (Å²) in [5.74, 6) is 0.630. The van der Waals surface area contributed by atoms with Gasteiger partial charge < -0.3 is 14.6 Å². The number of aliphatic hydroxyl groups is 1. The van der Waals surface area contributed by atoms with E-state index in [1.165, 1.54) is 11.9 Å². The van der Waals surface area contributed by atoms with Crippen LogP contribution < -0.4 is 0 Å². The zero-order valence-electron chi connectivity index (χ0n) is 14.9. The molecule has 0 radical (unpaired) electrons. The Hall–Kier alpha value is -0.670. The lowest BCUT2D eigenvalue weighted by Gasteiger charge is -2.54. The Morgan fingerprint density at radius 1 is 1.26 bits per heavy atom. The van der Waals surface area contributed by atoms with E-state index in [1.54, 1.807) is 0 Å². The highest BCUT2D eigenvalue weighted by molar-refractivity contribution is 5.56. The highest BCUT2D eigenvalue weighted by atomic mass is 16.6. The summed E-state index contributed by atoms with van der Waals surface area (Å²) in [6.45, 7) is 10.8. The molecule has 2 aliphatic carbocycles. The van der Waals surface area contributed by atoms with E-state index >= 15 is 0 Å². The summed E-state index contributed by atoms with van der Waals surface area (Å²) in [6, 6.07) is 0. The molecular weight excluding hydrogens is 288 g/mol. The van der Waals surface area contributed by atoms with E-state index in [4.69, 9.17) is 4.74 Å². The molecule has 3 fully saturated rings. The summed E-state index contributed by atoms with van der Waals surface area (Å²) in [6.07, 6.45) is 7.66. The van der Waals surface area contributed by atoms with Gasteiger partial charge >= 0.3 is 0 Å². The molecule has 1 N–H and O–H groups in total. The van der Waals surface area contributed by atoms with Crippen LogP contribution in [0.1, 0.15) is 65.7 Å². The maximum absolute atomic E-state index is 12.0. The molecule has 3 nitrogen and oxygen atoms in total. The van der Waals surface area contributed by atoms with Gasteiger partial charge in [0.2, 0.25) is 0 Å². The number of aldehydes is 1. The van der Waals surface area contributed by atoms with Gasteiger partial charge in [-0.3, -0.25) is 0 Å². The first-order chi connectivity index (χ1) is 10.9. The summed E-state index contributed by atoms with van der Waals surface area (Å²) < 4.78 is 5.88. The smallest absolute Gasteiger partial charge is 0.160 e. The zero-order valence-corrected chi connectivity index (χ0v) is 14.9. The fourth-order valence-electron chi connectivity index (χ4n) is 5.73. The van der Waals surface area contributed by atoms with Crippen molar-refractivity contribution in [2.45, 2.75) is 78.1 Å². The number of fused-ring (bicyclic) bond motifs is 1. The van der Waals surface area contributed by atoms with Crippen LogP contribution in [0.15, 0.2) is 12.2 Å². The molecule has 0 bridgehead atoms. The lowest BCUT2D eigenvalue weighted by atomic mass is 9.53. The van der Waals surface area contributed by atoms with E-state index in [1.807, 2.05) is 0 Å². The van der Waals surface area contributed by atoms with E-state index in [9.17, 15) is 9.90 Å². The van der Waals surface area contributed by atoms with Gasteiger partial charge in [0.1, 0.15) is 6.29 Å². The van der Waals surface area contributed by atoms with Crippen molar-refractivity contribution in [1.82, 2.24) is 0 Å². The Labute approximate surface area is 140 Å². The molecule has 23 heavy (non-hydrogen) atoms. The fourth-order valence-corrected chi connectivity index (χ4v) is 5.73. The normalized spacial score (nSPS) is 50.6. The van der Waals surface area contributed by atoms with Crippen molar-refractivity contribution < 1.29 is 14.6 Å². The Morgan fingerprint density at radius 2 is 2.00 bits per heavy atom. The predicted octanol–water partition coefficient (Wildman–Crippen LogP) is 4.10. The number of allylic oxidation sites excluding steroid dienone is 1. The second-order valence-electron chi connectivity index (χ2n) is 8.59. The molecule has 2 saturated carbocycles. The average molecular weight is 320 g/mol.